The van der Waals surface area contributed by atoms with E-state index in [1.165, 1.54) is 11.9 Å². The van der Waals surface area contributed by atoms with E-state index in [-0.39, 0.29) is 6.42 Å². The first-order valence-corrected chi connectivity index (χ1v) is 5.39. The zero-order chi connectivity index (χ0) is 11.1. The normalized spacial score (nSPS) is 23.8. The van der Waals surface area contributed by atoms with Crippen LogP contribution in [0.25, 0.3) is 0 Å². The molecular weight excluding hydrogens is 212 g/mol. The summed E-state index contributed by atoms with van der Waals surface area (Å²) in [6, 6.07) is 5.57. The van der Waals surface area contributed by atoms with E-state index in [1.54, 1.807) is 0 Å². The number of nitrogens with one attached hydrogen (secondary N) is 1. The highest BCUT2D eigenvalue weighted by molar-refractivity contribution is 7.97. The maximum atomic E-state index is 10.8. The summed E-state index contributed by atoms with van der Waals surface area (Å²) in [6.07, 6.45) is 0.0520. The highest BCUT2D eigenvalue weighted by Gasteiger charge is 2.36. The number of carbonyl (C=O) groups is 1. The lowest BCUT2D eigenvalue weighted by Crippen LogP contribution is -2.33. The molecule has 1 atom stereocenters. The van der Waals surface area contributed by atoms with Crippen LogP contribution in [0.2, 0.25) is 0 Å². The molecule has 0 radical (unpaired) electrons. The fourth-order valence-corrected chi connectivity index (χ4v) is 2.77. The Morgan fingerprint density at radius 1 is 1.67 bits per heavy atom. The summed E-state index contributed by atoms with van der Waals surface area (Å²) < 4.78 is 3.14. The summed E-state index contributed by atoms with van der Waals surface area (Å²) in [5.74, 6) is -0.819. The molecule has 0 saturated heterocycles. The third kappa shape index (κ3) is 1.80. The molecule has 1 aromatic carbocycles. The summed E-state index contributed by atoms with van der Waals surface area (Å²) in [5, 5.41) is 8.85. The van der Waals surface area contributed by atoms with Crippen molar-refractivity contribution in [2.24, 2.45) is 0 Å². The van der Waals surface area contributed by atoms with Gasteiger partial charge in [0.15, 0.2) is 0 Å². The van der Waals surface area contributed by atoms with Crippen LogP contribution in [0.5, 0.6) is 0 Å². The van der Waals surface area contributed by atoms with E-state index in [1.807, 2.05) is 25.1 Å². The molecular formula is C10H12N2O2S. The van der Waals surface area contributed by atoms with E-state index < -0.39 is 11.5 Å². The Labute approximate surface area is 92.0 Å². The van der Waals surface area contributed by atoms with E-state index in [0.29, 0.717) is 5.69 Å². The van der Waals surface area contributed by atoms with Gasteiger partial charge >= 0.3 is 5.97 Å². The van der Waals surface area contributed by atoms with Gasteiger partial charge in [-0.15, -0.1) is 0 Å². The Morgan fingerprint density at radius 2 is 2.40 bits per heavy atom. The van der Waals surface area contributed by atoms with Gasteiger partial charge < -0.3 is 10.8 Å². The van der Waals surface area contributed by atoms with Gasteiger partial charge in [-0.05, 0) is 42.6 Å². The predicted octanol–water partition coefficient (Wildman–Crippen LogP) is 1.57. The van der Waals surface area contributed by atoms with Gasteiger partial charge in [0, 0.05) is 10.6 Å². The van der Waals surface area contributed by atoms with Gasteiger partial charge in [-0.25, -0.2) is 4.72 Å². The van der Waals surface area contributed by atoms with E-state index >= 15 is 0 Å². The van der Waals surface area contributed by atoms with Crippen LogP contribution in [0, 0.1) is 0 Å². The quantitative estimate of drug-likeness (QED) is 0.525. The Hall–Kier alpha value is -1.20. The Kier molecular flexibility index (Phi) is 2.36. The van der Waals surface area contributed by atoms with Crippen molar-refractivity contribution in [2.75, 3.05) is 5.73 Å². The maximum Gasteiger partial charge on any atom is 0.305 e. The van der Waals surface area contributed by atoms with Crippen LogP contribution >= 0.6 is 11.9 Å². The molecule has 0 aromatic heterocycles. The first-order chi connectivity index (χ1) is 7.01. The molecule has 1 heterocycles. The van der Waals surface area contributed by atoms with Crippen molar-refractivity contribution in [1.82, 2.24) is 4.72 Å². The van der Waals surface area contributed by atoms with Crippen LogP contribution in [0.4, 0.5) is 5.69 Å². The Balaban J connectivity index is 2.41. The number of carboxylic acid groups (broad SMARTS) is 1. The van der Waals surface area contributed by atoms with E-state index in [9.17, 15) is 4.79 Å². The fourth-order valence-electron chi connectivity index (χ4n) is 1.72. The van der Waals surface area contributed by atoms with Gasteiger partial charge in [0.1, 0.15) is 0 Å². The van der Waals surface area contributed by atoms with Crippen LogP contribution in [0.1, 0.15) is 18.9 Å². The second-order valence-corrected chi connectivity index (χ2v) is 4.71. The molecule has 0 bridgehead atoms. The summed E-state index contributed by atoms with van der Waals surface area (Å²) in [5.41, 5.74) is 6.80. The molecule has 15 heavy (non-hydrogen) atoms. The Bertz CT molecular complexity index is 422. The Morgan fingerprint density at radius 3 is 3.07 bits per heavy atom. The molecule has 1 unspecified atom stereocenters. The molecule has 5 heteroatoms. The van der Waals surface area contributed by atoms with Crippen molar-refractivity contribution in [3.8, 4) is 0 Å². The summed E-state index contributed by atoms with van der Waals surface area (Å²) >= 11 is 1.46. The molecule has 4 N–H and O–H groups in total. The number of fused-ring (bicyclic) bond motifs is 1. The van der Waals surface area contributed by atoms with Crippen LogP contribution in [0.15, 0.2) is 23.1 Å². The van der Waals surface area contributed by atoms with Crippen molar-refractivity contribution in [3.05, 3.63) is 23.8 Å². The third-order valence-corrected chi connectivity index (χ3v) is 3.62. The maximum absolute atomic E-state index is 10.8. The summed E-state index contributed by atoms with van der Waals surface area (Å²) in [7, 11) is 0. The van der Waals surface area contributed by atoms with Crippen molar-refractivity contribution in [3.63, 3.8) is 0 Å². The average Bonchev–Trinajstić information content (AvgIpc) is 2.43. The molecule has 0 aliphatic carbocycles. The van der Waals surface area contributed by atoms with Crippen molar-refractivity contribution >= 4 is 23.6 Å². The lowest BCUT2D eigenvalue weighted by atomic mass is 9.89. The van der Waals surface area contributed by atoms with Crippen molar-refractivity contribution in [2.45, 2.75) is 23.8 Å². The third-order valence-electron chi connectivity index (χ3n) is 2.49. The van der Waals surface area contributed by atoms with Crippen LogP contribution < -0.4 is 10.5 Å². The number of anilines is 1. The van der Waals surface area contributed by atoms with Gasteiger partial charge in [0.2, 0.25) is 0 Å². The SMILES string of the molecule is CC1(CC(=O)O)NSc2ccc(N)cc21. The van der Waals surface area contributed by atoms with Gasteiger partial charge in [-0.3, -0.25) is 4.79 Å². The van der Waals surface area contributed by atoms with Gasteiger partial charge in [0.25, 0.3) is 0 Å². The van der Waals surface area contributed by atoms with E-state index in [0.717, 1.165) is 10.5 Å². The first-order valence-electron chi connectivity index (χ1n) is 4.57. The molecule has 0 fully saturated rings. The standard InChI is InChI=1S/C10H12N2O2S/c1-10(5-9(13)14)7-4-6(11)2-3-8(7)15-12-10/h2-4,12H,5,11H2,1H3,(H,13,14). The predicted molar refractivity (Wildman–Crippen MR) is 59.5 cm³/mol. The lowest BCUT2D eigenvalue weighted by Gasteiger charge is -2.22. The molecule has 4 nitrogen and oxygen atoms in total. The number of nitrogens with two attached hydrogens (primary N) is 1. The monoisotopic (exact) mass is 224 g/mol. The van der Waals surface area contributed by atoms with Crippen LogP contribution in [-0.4, -0.2) is 11.1 Å². The average molecular weight is 224 g/mol. The first kappa shape index (κ1) is 10.3. The van der Waals surface area contributed by atoms with Crippen molar-refractivity contribution < 1.29 is 9.90 Å². The number of aliphatic carboxylic acids is 1. The molecule has 1 aromatic rings. The number of hydrogen-bond acceptors (Lipinski definition) is 4. The minimum Gasteiger partial charge on any atom is -0.481 e. The molecule has 0 spiro atoms. The smallest absolute Gasteiger partial charge is 0.305 e. The van der Waals surface area contributed by atoms with Crippen LogP contribution in [0.3, 0.4) is 0 Å². The van der Waals surface area contributed by atoms with E-state index in [2.05, 4.69) is 4.72 Å². The second-order valence-electron chi connectivity index (χ2n) is 3.86. The topological polar surface area (TPSA) is 75.3 Å². The van der Waals surface area contributed by atoms with Crippen molar-refractivity contribution in [1.29, 1.82) is 0 Å². The zero-order valence-electron chi connectivity index (χ0n) is 8.28. The molecule has 0 amide bonds. The minimum absolute atomic E-state index is 0.0520. The number of nitrogen functional groups attached to an aromatic ring is 1. The molecule has 2 rings (SSSR count). The second kappa shape index (κ2) is 3.43. The van der Waals surface area contributed by atoms with Gasteiger partial charge in [-0.2, -0.15) is 0 Å². The highest BCUT2D eigenvalue weighted by atomic mass is 32.2. The minimum atomic E-state index is -0.819. The number of rotatable bonds is 2. The van der Waals surface area contributed by atoms with Crippen LogP contribution in [-0.2, 0) is 10.3 Å². The largest absolute Gasteiger partial charge is 0.481 e. The molecule has 0 saturated carbocycles. The van der Waals surface area contributed by atoms with Gasteiger partial charge in [-0.1, -0.05) is 0 Å². The molecule has 1 aliphatic rings. The molecule has 1 aliphatic heterocycles. The van der Waals surface area contributed by atoms with E-state index in [4.69, 9.17) is 10.8 Å². The molecule has 80 valence electrons. The van der Waals surface area contributed by atoms with Gasteiger partial charge in [0.05, 0.1) is 12.0 Å². The highest BCUT2D eigenvalue weighted by Crippen LogP contribution is 2.41. The number of hydrogen-bond donors (Lipinski definition) is 3. The number of benzene rings is 1. The zero-order valence-corrected chi connectivity index (χ0v) is 9.10. The fraction of sp³-hybridized carbons (Fsp3) is 0.300. The lowest BCUT2D eigenvalue weighted by molar-refractivity contribution is -0.138. The summed E-state index contributed by atoms with van der Waals surface area (Å²) in [6.45, 7) is 1.87. The summed E-state index contributed by atoms with van der Waals surface area (Å²) in [4.78, 5) is 11.8. The number of carboxylic acids is 1.